The van der Waals surface area contributed by atoms with Crippen LogP contribution in [-0.4, -0.2) is 70.1 Å². The van der Waals surface area contributed by atoms with E-state index >= 15 is 0 Å². The van der Waals surface area contributed by atoms with E-state index in [1.54, 1.807) is 50.4 Å². The van der Waals surface area contributed by atoms with Crippen molar-refractivity contribution in [3.63, 3.8) is 0 Å². The van der Waals surface area contributed by atoms with Crippen molar-refractivity contribution < 1.29 is 14.3 Å². The molecule has 9 heteroatoms. The first-order chi connectivity index (χ1) is 15.4. The van der Waals surface area contributed by atoms with Crippen molar-refractivity contribution in [3.8, 4) is 5.75 Å². The highest BCUT2D eigenvalue weighted by molar-refractivity contribution is 14.0. The minimum atomic E-state index is -0.153. The molecule has 2 aromatic carbocycles. The van der Waals surface area contributed by atoms with Crippen LogP contribution in [-0.2, 0) is 6.42 Å². The Morgan fingerprint density at radius 1 is 0.970 bits per heavy atom. The summed E-state index contributed by atoms with van der Waals surface area (Å²) in [7, 11) is 5.06. The number of guanidine groups is 1. The van der Waals surface area contributed by atoms with Crippen LogP contribution in [0.25, 0.3) is 0 Å². The lowest BCUT2D eigenvalue weighted by atomic mass is 10.1. The molecule has 0 saturated heterocycles. The predicted molar refractivity (Wildman–Crippen MR) is 143 cm³/mol. The Balaban J connectivity index is 0.00000544. The van der Waals surface area contributed by atoms with Crippen LogP contribution < -0.4 is 20.7 Å². The van der Waals surface area contributed by atoms with Crippen molar-refractivity contribution in [2.75, 3.05) is 47.4 Å². The van der Waals surface area contributed by atoms with Gasteiger partial charge < -0.3 is 25.6 Å². The topological polar surface area (TPSA) is 95.1 Å². The summed E-state index contributed by atoms with van der Waals surface area (Å²) >= 11 is 0. The monoisotopic (exact) mass is 567 g/mol. The van der Waals surface area contributed by atoms with Crippen molar-refractivity contribution in [2.24, 2.45) is 4.99 Å². The number of carbonyl (C=O) groups excluding carboxylic acids is 2. The summed E-state index contributed by atoms with van der Waals surface area (Å²) in [5.41, 5.74) is 2.29. The standard InChI is InChI=1S/C24H33N5O3.HI/c1-5-25-24(27-13-12-18-8-6-10-20(16-18)23(31)29(2)3)28-15-14-26-22(30)19-9-7-11-21(17-19)32-4;/h6-11,16-17H,5,12-15H2,1-4H3,(H,26,30)(H2,25,27,28);1H. The van der Waals surface area contributed by atoms with Crippen LogP contribution in [0.5, 0.6) is 5.75 Å². The first-order valence-electron chi connectivity index (χ1n) is 10.7. The van der Waals surface area contributed by atoms with Crippen molar-refractivity contribution in [1.29, 1.82) is 0 Å². The third-order valence-electron chi connectivity index (χ3n) is 4.63. The molecule has 0 aromatic heterocycles. The number of methoxy groups -OCH3 is 1. The summed E-state index contributed by atoms with van der Waals surface area (Å²) in [5.74, 6) is 1.17. The maximum atomic E-state index is 12.3. The van der Waals surface area contributed by atoms with Gasteiger partial charge in [-0.05, 0) is 49.2 Å². The quantitative estimate of drug-likeness (QED) is 0.178. The third-order valence-corrected chi connectivity index (χ3v) is 4.63. The van der Waals surface area contributed by atoms with Crippen LogP contribution >= 0.6 is 24.0 Å². The van der Waals surface area contributed by atoms with E-state index in [1.165, 1.54) is 0 Å². The number of ether oxygens (including phenoxy) is 1. The number of hydrogen-bond donors (Lipinski definition) is 3. The molecule has 0 saturated carbocycles. The van der Waals surface area contributed by atoms with Gasteiger partial charge in [0.1, 0.15) is 5.75 Å². The van der Waals surface area contributed by atoms with Crippen molar-refractivity contribution in [2.45, 2.75) is 13.3 Å². The Morgan fingerprint density at radius 3 is 2.36 bits per heavy atom. The number of benzene rings is 2. The lowest BCUT2D eigenvalue weighted by Crippen LogP contribution is -2.41. The molecular formula is C24H34IN5O3. The summed E-state index contributed by atoms with van der Waals surface area (Å²) in [4.78, 5) is 30.5. The fraction of sp³-hybridized carbons (Fsp3) is 0.375. The zero-order valence-corrected chi connectivity index (χ0v) is 22.0. The van der Waals surface area contributed by atoms with Crippen LogP contribution in [0.3, 0.4) is 0 Å². The van der Waals surface area contributed by atoms with E-state index in [9.17, 15) is 9.59 Å². The number of amides is 2. The molecule has 2 amide bonds. The van der Waals surface area contributed by atoms with E-state index < -0.39 is 0 Å². The van der Waals surface area contributed by atoms with Gasteiger partial charge in [0.2, 0.25) is 0 Å². The van der Waals surface area contributed by atoms with E-state index in [0.29, 0.717) is 42.5 Å². The molecular weight excluding hydrogens is 533 g/mol. The Kier molecular flexibility index (Phi) is 12.9. The summed E-state index contributed by atoms with van der Waals surface area (Å²) in [5, 5.41) is 9.30. The first-order valence-corrected chi connectivity index (χ1v) is 10.7. The van der Waals surface area contributed by atoms with Gasteiger partial charge in [0.25, 0.3) is 11.8 Å². The Hall–Kier alpha value is -2.82. The van der Waals surface area contributed by atoms with E-state index in [-0.39, 0.29) is 35.8 Å². The molecule has 180 valence electrons. The fourth-order valence-corrected chi connectivity index (χ4v) is 2.98. The number of rotatable bonds is 10. The largest absolute Gasteiger partial charge is 0.497 e. The minimum Gasteiger partial charge on any atom is -0.497 e. The fourth-order valence-electron chi connectivity index (χ4n) is 2.98. The molecule has 0 fully saturated rings. The SMILES string of the molecule is CCNC(=NCCc1cccc(C(=O)N(C)C)c1)NCCNC(=O)c1cccc(OC)c1.I. The summed E-state index contributed by atoms with van der Waals surface area (Å²) in [6, 6.07) is 14.7. The number of nitrogens with zero attached hydrogens (tertiary/aromatic N) is 2. The van der Waals surface area contributed by atoms with E-state index in [1.807, 2.05) is 31.2 Å². The molecule has 2 rings (SSSR count). The van der Waals surface area contributed by atoms with Gasteiger partial charge in [-0.25, -0.2) is 0 Å². The van der Waals surface area contributed by atoms with Gasteiger partial charge >= 0.3 is 0 Å². The van der Waals surface area contributed by atoms with Crippen LogP contribution in [0.1, 0.15) is 33.2 Å². The zero-order chi connectivity index (χ0) is 23.3. The highest BCUT2D eigenvalue weighted by Gasteiger charge is 2.08. The molecule has 0 bridgehead atoms. The molecule has 3 N–H and O–H groups in total. The summed E-state index contributed by atoms with van der Waals surface area (Å²) < 4.78 is 5.15. The van der Waals surface area contributed by atoms with Crippen LogP contribution in [0, 0.1) is 0 Å². The van der Waals surface area contributed by atoms with Gasteiger partial charge in [-0.3, -0.25) is 14.6 Å². The van der Waals surface area contributed by atoms with E-state index in [2.05, 4.69) is 20.9 Å². The average Bonchev–Trinajstić information content (AvgIpc) is 2.81. The van der Waals surface area contributed by atoms with Crippen LogP contribution in [0.15, 0.2) is 53.5 Å². The van der Waals surface area contributed by atoms with E-state index in [0.717, 1.165) is 18.5 Å². The summed E-state index contributed by atoms with van der Waals surface area (Å²) in [6.07, 6.45) is 0.720. The molecule has 8 nitrogen and oxygen atoms in total. The molecule has 0 radical (unpaired) electrons. The first kappa shape index (κ1) is 28.2. The number of carbonyl (C=O) groups is 2. The molecule has 0 spiro atoms. The van der Waals surface area contributed by atoms with Gasteiger partial charge in [0.05, 0.1) is 7.11 Å². The van der Waals surface area contributed by atoms with Gasteiger partial charge in [0.15, 0.2) is 5.96 Å². The number of aliphatic imine (C=N–C) groups is 1. The third kappa shape index (κ3) is 9.68. The van der Waals surface area contributed by atoms with Crippen molar-refractivity contribution in [1.82, 2.24) is 20.9 Å². The smallest absolute Gasteiger partial charge is 0.253 e. The molecule has 0 unspecified atom stereocenters. The summed E-state index contributed by atoms with van der Waals surface area (Å²) in [6.45, 7) is 4.29. The van der Waals surface area contributed by atoms with Crippen molar-refractivity contribution >= 4 is 41.8 Å². The molecule has 0 aliphatic carbocycles. The second-order valence-corrected chi connectivity index (χ2v) is 7.33. The number of halogens is 1. The predicted octanol–water partition coefficient (Wildman–Crippen LogP) is 2.54. The van der Waals surface area contributed by atoms with Crippen LogP contribution in [0.2, 0.25) is 0 Å². The Bertz CT molecular complexity index is 934. The maximum absolute atomic E-state index is 12.3. The van der Waals surface area contributed by atoms with Crippen LogP contribution in [0.4, 0.5) is 0 Å². The van der Waals surface area contributed by atoms with Crippen molar-refractivity contribution in [3.05, 3.63) is 65.2 Å². The maximum Gasteiger partial charge on any atom is 0.253 e. The van der Waals surface area contributed by atoms with Gasteiger partial charge in [-0.15, -0.1) is 24.0 Å². The van der Waals surface area contributed by atoms with Gasteiger partial charge in [-0.1, -0.05) is 18.2 Å². The molecule has 0 aliphatic heterocycles. The average molecular weight is 567 g/mol. The Morgan fingerprint density at radius 2 is 1.67 bits per heavy atom. The second-order valence-electron chi connectivity index (χ2n) is 7.33. The van der Waals surface area contributed by atoms with E-state index in [4.69, 9.17) is 4.74 Å². The normalized spacial score (nSPS) is 10.6. The highest BCUT2D eigenvalue weighted by atomic mass is 127. The lowest BCUT2D eigenvalue weighted by molar-refractivity contribution is 0.0827. The highest BCUT2D eigenvalue weighted by Crippen LogP contribution is 2.12. The molecule has 0 atom stereocenters. The van der Waals surface area contributed by atoms with Gasteiger partial charge in [0, 0.05) is 51.4 Å². The lowest BCUT2D eigenvalue weighted by Gasteiger charge is -2.13. The molecule has 33 heavy (non-hydrogen) atoms. The molecule has 2 aromatic rings. The Labute approximate surface area is 213 Å². The number of hydrogen-bond acceptors (Lipinski definition) is 4. The molecule has 0 heterocycles. The van der Waals surface area contributed by atoms with Gasteiger partial charge in [-0.2, -0.15) is 0 Å². The zero-order valence-electron chi connectivity index (χ0n) is 19.7. The second kappa shape index (κ2) is 15.1. The molecule has 0 aliphatic rings. The minimum absolute atomic E-state index is 0. The number of nitrogens with one attached hydrogen (secondary N) is 3.